The summed E-state index contributed by atoms with van der Waals surface area (Å²) in [7, 11) is 1.65. The quantitative estimate of drug-likeness (QED) is 0.819. The smallest absolute Gasteiger partial charge is 0.251 e. The molecular formula is C17H21N5O2. The lowest BCUT2D eigenvalue weighted by Crippen LogP contribution is -2.26. The number of rotatable bonds is 6. The van der Waals surface area contributed by atoms with Crippen molar-refractivity contribution in [2.24, 2.45) is 0 Å². The first-order valence-electron chi connectivity index (χ1n) is 7.65. The molecule has 2 aromatic rings. The molecular weight excluding hydrogens is 306 g/mol. The summed E-state index contributed by atoms with van der Waals surface area (Å²) in [5.74, 6) is -0.398. The van der Waals surface area contributed by atoms with E-state index in [1.807, 2.05) is 13.8 Å². The third-order valence-corrected chi connectivity index (χ3v) is 3.77. The van der Waals surface area contributed by atoms with Crippen LogP contribution in [-0.2, 0) is 17.9 Å². The second-order valence-corrected chi connectivity index (χ2v) is 5.27. The van der Waals surface area contributed by atoms with Crippen molar-refractivity contribution in [3.8, 4) is 0 Å². The molecule has 126 valence electrons. The number of anilines is 1. The number of nitrogens with one attached hydrogen (secondary N) is 1. The van der Waals surface area contributed by atoms with Gasteiger partial charge in [-0.25, -0.2) is 4.68 Å². The van der Waals surface area contributed by atoms with Crippen molar-refractivity contribution in [1.82, 2.24) is 20.3 Å². The summed E-state index contributed by atoms with van der Waals surface area (Å²) in [6.07, 6.45) is 1.24. The number of likely N-dealkylation sites (N-methyl/N-ethyl adjacent to an activating group) is 1. The molecule has 0 saturated heterocycles. The normalized spacial score (nSPS) is 10.3. The highest BCUT2D eigenvalue weighted by Gasteiger charge is 2.12. The van der Waals surface area contributed by atoms with Gasteiger partial charge < -0.3 is 10.2 Å². The van der Waals surface area contributed by atoms with E-state index in [2.05, 4.69) is 22.2 Å². The fourth-order valence-electron chi connectivity index (χ4n) is 2.26. The molecule has 0 saturated carbocycles. The number of carbonyl (C=O) groups is 2. The van der Waals surface area contributed by atoms with Crippen LogP contribution in [0, 0.1) is 6.92 Å². The monoisotopic (exact) mass is 327 g/mol. The minimum Gasteiger partial charge on any atom is -0.346 e. The van der Waals surface area contributed by atoms with E-state index in [1.54, 1.807) is 36.0 Å². The van der Waals surface area contributed by atoms with Gasteiger partial charge in [0.1, 0.15) is 0 Å². The number of carbonyl (C=O) groups excluding carboxylic acids is 2. The van der Waals surface area contributed by atoms with E-state index in [-0.39, 0.29) is 11.8 Å². The lowest BCUT2D eigenvalue weighted by Gasteiger charge is -2.15. The highest BCUT2D eigenvalue weighted by Crippen LogP contribution is 2.14. The van der Waals surface area contributed by atoms with Crippen molar-refractivity contribution < 1.29 is 9.59 Å². The fourth-order valence-corrected chi connectivity index (χ4v) is 2.26. The SMILES string of the molecule is C=CC(=O)N(C)c1ccc(C(=O)NCc2c(C)nnn2CC)cc1. The van der Waals surface area contributed by atoms with Crippen molar-refractivity contribution >= 4 is 17.5 Å². The average Bonchev–Trinajstić information content (AvgIpc) is 2.98. The summed E-state index contributed by atoms with van der Waals surface area (Å²) in [6.45, 7) is 8.35. The van der Waals surface area contributed by atoms with Gasteiger partial charge in [0, 0.05) is 24.8 Å². The zero-order valence-electron chi connectivity index (χ0n) is 14.1. The van der Waals surface area contributed by atoms with Gasteiger partial charge in [-0.3, -0.25) is 9.59 Å². The third-order valence-electron chi connectivity index (χ3n) is 3.77. The van der Waals surface area contributed by atoms with Crippen LogP contribution in [0.2, 0.25) is 0 Å². The molecule has 2 rings (SSSR count). The minimum atomic E-state index is -0.206. The molecule has 7 nitrogen and oxygen atoms in total. The first-order valence-corrected chi connectivity index (χ1v) is 7.65. The van der Waals surface area contributed by atoms with Gasteiger partial charge in [-0.1, -0.05) is 11.8 Å². The molecule has 0 aliphatic heterocycles. The van der Waals surface area contributed by atoms with Crippen molar-refractivity contribution in [2.45, 2.75) is 26.9 Å². The standard InChI is InChI=1S/C17H21N5O2/c1-5-16(23)21(4)14-9-7-13(8-10-14)17(24)18-11-15-12(3)19-20-22(15)6-2/h5,7-10H,1,6,11H2,2-4H3,(H,18,24). The van der Waals surface area contributed by atoms with Crippen LogP contribution in [0.25, 0.3) is 0 Å². The maximum atomic E-state index is 12.3. The summed E-state index contributed by atoms with van der Waals surface area (Å²) in [4.78, 5) is 25.3. The van der Waals surface area contributed by atoms with E-state index >= 15 is 0 Å². The Kier molecular flexibility index (Phi) is 5.47. The topological polar surface area (TPSA) is 80.1 Å². The Morgan fingerprint density at radius 2 is 2.00 bits per heavy atom. The summed E-state index contributed by atoms with van der Waals surface area (Å²) < 4.78 is 1.76. The van der Waals surface area contributed by atoms with Crippen molar-refractivity contribution in [2.75, 3.05) is 11.9 Å². The van der Waals surface area contributed by atoms with E-state index in [4.69, 9.17) is 0 Å². The summed E-state index contributed by atoms with van der Waals surface area (Å²) >= 11 is 0. The van der Waals surface area contributed by atoms with E-state index in [0.717, 1.165) is 11.4 Å². The average molecular weight is 327 g/mol. The number of hydrogen-bond acceptors (Lipinski definition) is 4. The molecule has 2 amide bonds. The number of hydrogen-bond donors (Lipinski definition) is 1. The van der Waals surface area contributed by atoms with Crippen molar-refractivity contribution in [3.63, 3.8) is 0 Å². The second kappa shape index (κ2) is 7.54. The third kappa shape index (κ3) is 3.68. The van der Waals surface area contributed by atoms with Crippen molar-refractivity contribution in [1.29, 1.82) is 0 Å². The lowest BCUT2D eigenvalue weighted by atomic mass is 10.2. The first-order chi connectivity index (χ1) is 11.5. The number of amides is 2. The molecule has 1 heterocycles. The second-order valence-electron chi connectivity index (χ2n) is 5.27. The Bertz CT molecular complexity index is 749. The predicted molar refractivity (Wildman–Crippen MR) is 91.7 cm³/mol. The molecule has 0 unspecified atom stereocenters. The highest BCUT2D eigenvalue weighted by molar-refractivity contribution is 6.01. The van der Waals surface area contributed by atoms with Crippen LogP contribution in [-0.4, -0.2) is 33.9 Å². The molecule has 7 heteroatoms. The molecule has 0 radical (unpaired) electrons. The Morgan fingerprint density at radius 1 is 1.33 bits per heavy atom. The van der Waals surface area contributed by atoms with Crippen LogP contribution in [0.3, 0.4) is 0 Å². The minimum absolute atomic E-state index is 0.192. The lowest BCUT2D eigenvalue weighted by molar-refractivity contribution is -0.113. The summed E-state index contributed by atoms with van der Waals surface area (Å²) in [6, 6.07) is 6.80. The molecule has 0 fully saturated rings. The first kappa shape index (κ1) is 17.4. The van der Waals surface area contributed by atoms with E-state index in [0.29, 0.717) is 24.3 Å². The van der Waals surface area contributed by atoms with Gasteiger partial charge in [-0.15, -0.1) is 5.10 Å². The fraction of sp³-hybridized carbons (Fsp3) is 0.294. The van der Waals surface area contributed by atoms with Gasteiger partial charge in [-0.2, -0.15) is 0 Å². The van der Waals surface area contributed by atoms with E-state index < -0.39 is 0 Å². The van der Waals surface area contributed by atoms with Crippen LogP contribution in [0.15, 0.2) is 36.9 Å². The molecule has 0 aliphatic carbocycles. The number of aromatic nitrogens is 3. The predicted octanol–water partition coefficient (Wildman–Crippen LogP) is 1.69. The molecule has 0 atom stereocenters. The van der Waals surface area contributed by atoms with Crippen LogP contribution in [0.1, 0.15) is 28.7 Å². The Morgan fingerprint density at radius 3 is 2.58 bits per heavy atom. The summed E-state index contributed by atoms with van der Waals surface area (Å²) in [5, 5.41) is 10.9. The Balaban J connectivity index is 2.04. The largest absolute Gasteiger partial charge is 0.346 e. The highest BCUT2D eigenvalue weighted by atomic mass is 16.2. The van der Waals surface area contributed by atoms with E-state index in [9.17, 15) is 9.59 Å². The molecule has 0 aliphatic rings. The van der Waals surface area contributed by atoms with Crippen molar-refractivity contribution in [3.05, 3.63) is 53.9 Å². The van der Waals surface area contributed by atoms with E-state index in [1.165, 1.54) is 11.0 Å². The van der Waals surface area contributed by atoms with Crippen LogP contribution in [0.5, 0.6) is 0 Å². The molecule has 24 heavy (non-hydrogen) atoms. The van der Waals surface area contributed by atoms with Crippen LogP contribution < -0.4 is 10.2 Å². The van der Waals surface area contributed by atoms with Crippen LogP contribution in [0.4, 0.5) is 5.69 Å². The van der Waals surface area contributed by atoms with Gasteiger partial charge >= 0.3 is 0 Å². The number of aryl methyl sites for hydroxylation is 2. The van der Waals surface area contributed by atoms with Gasteiger partial charge in [0.2, 0.25) is 5.91 Å². The van der Waals surface area contributed by atoms with Gasteiger partial charge in [0.05, 0.1) is 17.9 Å². The zero-order valence-corrected chi connectivity index (χ0v) is 14.1. The number of nitrogens with zero attached hydrogens (tertiary/aromatic N) is 4. The number of benzene rings is 1. The van der Waals surface area contributed by atoms with Gasteiger partial charge in [-0.05, 0) is 44.2 Å². The zero-order chi connectivity index (χ0) is 17.7. The van der Waals surface area contributed by atoms with Crippen LogP contribution >= 0.6 is 0 Å². The Hall–Kier alpha value is -2.96. The molecule has 0 spiro atoms. The maximum Gasteiger partial charge on any atom is 0.251 e. The Labute approximate surface area is 141 Å². The van der Waals surface area contributed by atoms with Gasteiger partial charge in [0.15, 0.2) is 0 Å². The van der Waals surface area contributed by atoms with Gasteiger partial charge in [0.25, 0.3) is 5.91 Å². The maximum absolute atomic E-state index is 12.3. The molecule has 1 aromatic carbocycles. The summed E-state index contributed by atoms with van der Waals surface area (Å²) in [5.41, 5.74) is 2.91. The molecule has 0 bridgehead atoms. The molecule has 1 N–H and O–H groups in total. The molecule has 1 aromatic heterocycles.